The van der Waals surface area contributed by atoms with Crippen LogP contribution in [0.4, 0.5) is 8.78 Å². The fraction of sp³-hybridized carbons (Fsp3) is 0.333. The van der Waals surface area contributed by atoms with E-state index in [9.17, 15) is 23.5 Å². The number of carboxylic acids is 1. The van der Waals surface area contributed by atoms with Crippen molar-refractivity contribution in [1.82, 2.24) is 0 Å². The molecule has 0 bridgehead atoms. The summed E-state index contributed by atoms with van der Waals surface area (Å²) in [6, 6.07) is 3.38. The van der Waals surface area contributed by atoms with Gasteiger partial charge in [0, 0.05) is 6.42 Å². The number of Topliss-reactive ketones (excluding diaryl/α,β-unsaturated/α-hetero) is 1. The highest BCUT2D eigenvalue weighted by Gasteiger charge is 2.21. The molecule has 1 aromatic rings. The van der Waals surface area contributed by atoms with Crippen LogP contribution in [-0.4, -0.2) is 28.6 Å². The van der Waals surface area contributed by atoms with Gasteiger partial charge in [0.25, 0.3) is 0 Å². The molecule has 7 heteroatoms. The smallest absolute Gasteiger partial charge is 0.387 e. The number of carboxylic acid groups (broad SMARTS) is 1. The SMILES string of the molecule is CC(=O)Cc1cc(OC(F)F)ccc1C(O)C(=O)O. The van der Waals surface area contributed by atoms with Crippen LogP contribution in [0.5, 0.6) is 5.75 Å². The van der Waals surface area contributed by atoms with Gasteiger partial charge in [-0.3, -0.25) is 4.79 Å². The molecule has 0 amide bonds. The summed E-state index contributed by atoms with van der Waals surface area (Å²) in [6.45, 7) is -1.77. The first-order valence-corrected chi connectivity index (χ1v) is 5.29. The minimum atomic E-state index is -3.03. The number of ketones is 1. The molecule has 0 aromatic heterocycles. The summed E-state index contributed by atoms with van der Waals surface area (Å²) < 4.78 is 28.3. The van der Waals surface area contributed by atoms with Gasteiger partial charge in [-0.05, 0) is 30.2 Å². The number of carbonyl (C=O) groups is 2. The third kappa shape index (κ3) is 4.29. The van der Waals surface area contributed by atoms with E-state index in [-0.39, 0.29) is 29.1 Å². The number of ether oxygens (including phenoxy) is 1. The number of carbonyl (C=O) groups excluding carboxylic acids is 1. The van der Waals surface area contributed by atoms with Crippen molar-refractivity contribution in [2.24, 2.45) is 0 Å². The lowest BCUT2D eigenvalue weighted by molar-refractivity contribution is -0.147. The maximum Gasteiger partial charge on any atom is 0.387 e. The molecule has 0 saturated heterocycles. The van der Waals surface area contributed by atoms with Crippen LogP contribution in [0, 0.1) is 0 Å². The fourth-order valence-corrected chi connectivity index (χ4v) is 1.58. The van der Waals surface area contributed by atoms with Gasteiger partial charge < -0.3 is 14.9 Å². The number of benzene rings is 1. The molecular weight excluding hydrogens is 262 g/mol. The van der Waals surface area contributed by atoms with Gasteiger partial charge in [-0.1, -0.05) is 6.07 Å². The minimum Gasteiger partial charge on any atom is -0.479 e. The van der Waals surface area contributed by atoms with Crippen LogP contribution in [0.3, 0.4) is 0 Å². The van der Waals surface area contributed by atoms with E-state index < -0.39 is 18.7 Å². The van der Waals surface area contributed by atoms with Crippen LogP contribution in [0.25, 0.3) is 0 Å². The Morgan fingerprint density at radius 3 is 2.47 bits per heavy atom. The van der Waals surface area contributed by atoms with Gasteiger partial charge in [0.1, 0.15) is 11.5 Å². The monoisotopic (exact) mass is 274 g/mol. The maximum absolute atomic E-state index is 12.1. The van der Waals surface area contributed by atoms with Gasteiger partial charge in [0.15, 0.2) is 6.10 Å². The molecule has 0 aliphatic rings. The molecular formula is C12H12F2O5. The molecule has 2 N–H and O–H groups in total. The summed E-state index contributed by atoms with van der Waals surface area (Å²) in [7, 11) is 0. The highest BCUT2D eigenvalue weighted by Crippen LogP contribution is 2.25. The Kier molecular flexibility index (Phi) is 4.94. The Hall–Kier alpha value is -2.02. The minimum absolute atomic E-state index is 0.0238. The third-order valence-corrected chi connectivity index (χ3v) is 2.31. The summed E-state index contributed by atoms with van der Waals surface area (Å²) in [4.78, 5) is 21.8. The van der Waals surface area contributed by atoms with Gasteiger partial charge in [-0.2, -0.15) is 8.78 Å². The van der Waals surface area contributed by atoms with Crippen LogP contribution < -0.4 is 4.74 Å². The van der Waals surface area contributed by atoms with Crippen molar-refractivity contribution < 1.29 is 33.3 Å². The normalized spacial score (nSPS) is 12.3. The second-order valence-electron chi connectivity index (χ2n) is 3.86. The maximum atomic E-state index is 12.1. The van der Waals surface area contributed by atoms with Gasteiger partial charge in [-0.15, -0.1) is 0 Å². The molecule has 1 unspecified atom stereocenters. The van der Waals surface area contributed by atoms with Crippen LogP contribution in [0.15, 0.2) is 18.2 Å². The number of rotatable bonds is 6. The number of halogens is 2. The third-order valence-electron chi connectivity index (χ3n) is 2.31. The van der Waals surface area contributed by atoms with Crippen molar-refractivity contribution in [2.75, 3.05) is 0 Å². The zero-order valence-electron chi connectivity index (χ0n) is 9.97. The molecule has 1 rings (SSSR count). The Balaban J connectivity index is 3.15. The first-order valence-electron chi connectivity index (χ1n) is 5.29. The van der Waals surface area contributed by atoms with Crippen LogP contribution in [-0.2, 0) is 16.0 Å². The van der Waals surface area contributed by atoms with E-state index in [2.05, 4.69) is 4.74 Å². The number of alkyl halides is 2. The number of aliphatic hydroxyl groups excluding tert-OH is 1. The highest BCUT2D eigenvalue weighted by molar-refractivity contribution is 5.80. The van der Waals surface area contributed by atoms with Gasteiger partial charge in [0.2, 0.25) is 0 Å². The number of aliphatic hydroxyl groups is 1. The molecule has 1 atom stereocenters. The first kappa shape index (κ1) is 15.0. The van der Waals surface area contributed by atoms with Crippen LogP contribution in [0.2, 0.25) is 0 Å². The second kappa shape index (κ2) is 6.24. The molecule has 5 nitrogen and oxygen atoms in total. The summed E-state index contributed by atoms with van der Waals surface area (Å²) in [5.74, 6) is -1.99. The van der Waals surface area contributed by atoms with Crippen LogP contribution in [0.1, 0.15) is 24.2 Å². The van der Waals surface area contributed by atoms with Gasteiger partial charge in [-0.25, -0.2) is 4.79 Å². The summed E-state index contributed by atoms with van der Waals surface area (Å²) in [6.07, 6.45) is -2.00. The summed E-state index contributed by atoms with van der Waals surface area (Å²) in [5, 5.41) is 18.2. The Morgan fingerprint density at radius 2 is 2.00 bits per heavy atom. The van der Waals surface area contributed by atoms with E-state index in [4.69, 9.17) is 5.11 Å². The average molecular weight is 274 g/mol. The largest absolute Gasteiger partial charge is 0.479 e. The highest BCUT2D eigenvalue weighted by atomic mass is 19.3. The van der Waals surface area contributed by atoms with Crippen molar-refractivity contribution in [1.29, 1.82) is 0 Å². The summed E-state index contributed by atoms with van der Waals surface area (Å²) in [5.41, 5.74) is 0.116. The second-order valence-corrected chi connectivity index (χ2v) is 3.86. The zero-order valence-corrected chi connectivity index (χ0v) is 9.97. The van der Waals surface area contributed by atoms with Crippen molar-refractivity contribution in [3.05, 3.63) is 29.3 Å². The molecule has 0 spiro atoms. The van der Waals surface area contributed by atoms with Crippen molar-refractivity contribution in [3.63, 3.8) is 0 Å². The van der Waals surface area contributed by atoms with Crippen molar-refractivity contribution in [3.8, 4) is 5.75 Å². The molecule has 0 aliphatic heterocycles. The molecule has 0 aliphatic carbocycles. The van der Waals surface area contributed by atoms with E-state index in [1.807, 2.05) is 0 Å². The number of aliphatic carboxylic acids is 1. The average Bonchev–Trinajstić information content (AvgIpc) is 2.26. The van der Waals surface area contributed by atoms with Gasteiger partial charge in [0.05, 0.1) is 0 Å². The lowest BCUT2D eigenvalue weighted by atomic mass is 9.98. The molecule has 104 valence electrons. The van der Waals surface area contributed by atoms with Crippen LogP contribution >= 0.6 is 0 Å². The first-order chi connectivity index (χ1) is 8.81. The molecule has 19 heavy (non-hydrogen) atoms. The molecule has 0 heterocycles. The van der Waals surface area contributed by atoms with E-state index >= 15 is 0 Å². The zero-order chi connectivity index (χ0) is 14.6. The Bertz CT molecular complexity index is 487. The van der Waals surface area contributed by atoms with E-state index in [0.29, 0.717) is 0 Å². The Labute approximate surface area is 107 Å². The molecule has 1 aromatic carbocycles. The number of hydrogen-bond donors (Lipinski definition) is 2. The lowest BCUT2D eigenvalue weighted by Crippen LogP contribution is -2.14. The Morgan fingerprint density at radius 1 is 1.37 bits per heavy atom. The fourth-order valence-electron chi connectivity index (χ4n) is 1.58. The van der Waals surface area contributed by atoms with Gasteiger partial charge >= 0.3 is 12.6 Å². The molecule has 0 radical (unpaired) electrons. The predicted octanol–water partition coefficient (Wildman–Crippen LogP) is 1.54. The summed E-state index contributed by atoms with van der Waals surface area (Å²) >= 11 is 0. The molecule has 0 saturated carbocycles. The van der Waals surface area contributed by atoms with Crippen molar-refractivity contribution >= 4 is 11.8 Å². The van der Waals surface area contributed by atoms with E-state index in [1.165, 1.54) is 6.92 Å². The lowest BCUT2D eigenvalue weighted by Gasteiger charge is -2.13. The van der Waals surface area contributed by atoms with Crippen molar-refractivity contribution in [2.45, 2.75) is 26.1 Å². The van der Waals surface area contributed by atoms with E-state index in [0.717, 1.165) is 18.2 Å². The quantitative estimate of drug-likeness (QED) is 0.822. The number of hydrogen-bond acceptors (Lipinski definition) is 4. The topological polar surface area (TPSA) is 83.8 Å². The standard InChI is InChI=1S/C12H12F2O5/c1-6(15)4-7-5-8(19-12(13)14)2-3-9(7)10(16)11(17)18/h2-3,5,10,12,16H,4H2,1H3,(H,17,18). The predicted molar refractivity (Wildman–Crippen MR) is 60.1 cm³/mol. The molecule has 0 fully saturated rings. The van der Waals surface area contributed by atoms with E-state index in [1.54, 1.807) is 0 Å².